The number of carbonyl (C=O) groups is 1. The predicted molar refractivity (Wildman–Crippen MR) is 73.9 cm³/mol. The smallest absolute Gasteiger partial charge is 0.242 e. The largest absolute Gasteiger partial charge is 0.348 e. The Morgan fingerprint density at radius 3 is 2.75 bits per heavy atom. The summed E-state index contributed by atoms with van der Waals surface area (Å²) in [5, 5.41) is 3.64. The summed E-state index contributed by atoms with van der Waals surface area (Å²) < 4.78 is 0. The van der Waals surface area contributed by atoms with Crippen molar-refractivity contribution in [2.45, 2.75) is 43.2 Å². The van der Waals surface area contributed by atoms with Crippen molar-refractivity contribution in [3.8, 4) is 0 Å². The van der Waals surface area contributed by atoms with E-state index in [-0.39, 0.29) is 11.4 Å². The highest BCUT2D eigenvalue weighted by molar-refractivity contribution is 5.89. The zero-order valence-corrected chi connectivity index (χ0v) is 11.6. The van der Waals surface area contributed by atoms with Gasteiger partial charge in [-0.3, -0.25) is 4.79 Å². The van der Waals surface area contributed by atoms with E-state index in [1.807, 2.05) is 4.90 Å². The Bertz CT molecular complexity index is 540. The number of hydrogen-bond acceptors (Lipinski definition) is 4. The summed E-state index contributed by atoms with van der Waals surface area (Å²) in [6, 6.07) is 0. The Labute approximate surface area is 118 Å². The monoisotopic (exact) mass is 275 g/mol. The first kappa shape index (κ1) is 12.3. The highest BCUT2D eigenvalue weighted by atomic mass is 16.2. The number of aromatic nitrogens is 2. The van der Waals surface area contributed by atoms with Crippen LogP contribution in [0.4, 0.5) is 0 Å². The van der Waals surface area contributed by atoms with Gasteiger partial charge in [-0.2, -0.15) is 0 Å². The summed E-state index contributed by atoms with van der Waals surface area (Å²) in [5.74, 6) is 0.144. The van der Waals surface area contributed by atoms with E-state index in [2.05, 4.69) is 15.3 Å². The van der Waals surface area contributed by atoms with E-state index in [0.29, 0.717) is 0 Å². The number of nitrogens with zero attached hydrogens (tertiary/aromatic N) is 2. The van der Waals surface area contributed by atoms with Crippen molar-refractivity contribution in [3.05, 3.63) is 17.7 Å². The zero-order chi connectivity index (χ0) is 13.8. The maximum atomic E-state index is 12.3. The van der Waals surface area contributed by atoms with E-state index in [0.717, 1.165) is 57.4 Å². The van der Waals surface area contributed by atoms with Gasteiger partial charge in [0.25, 0.3) is 0 Å². The summed E-state index contributed by atoms with van der Waals surface area (Å²) >= 11 is 0. The number of aromatic amines is 1. The molecule has 0 unspecified atom stereocenters. The molecule has 2 aliphatic heterocycles. The van der Waals surface area contributed by atoms with Crippen LogP contribution in [0.3, 0.4) is 0 Å². The molecule has 1 aliphatic carbocycles. The lowest BCUT2D eigenvalue weighted by Crippen LogP contribution is -2.57. The van der Waals surface area contributed by atoms with Crippen LogP contribution in [-0.2, 0) is 16.8 Å². The van der Waals surface area contributed by atoms with Crippen molar-refractivity contribution >= 4 is 5.91 Å². The van der Waals surface area contributed by atoms with Crippen molar-refractivity contribution in [1.29, 1.82) is 0 Å². The maximum Gasteiger partial charge on any atom is 0.242 e. The molecule has 4 rings (SSSR count). The van der Waals surface area contributed by atoms with Crippen LogP contribution in [0.2, 0.25) is 0 Å². The third kappa shape index (κ3) is 1.71. The second kappa shape index (κ2) is 4.05. The van der Waals surface area contributed by atoms with E-state index in [1.165, 1.54) is 5.69 Å². The Kier molecular flexibility index (Phi) is 2.50. The summed E-state index contributed by atoms with van der Waals surface area (Å²) in [6.07, 6.45) is 6.32. The number of H-pyrrole nitrogens is 1. The van der Waals surface area contributed by atoms with Gasteiger partial charge >= 0.3 is 0 Å². The van der Waals surface area contributed by atoms with Gasteiger partial charge in [-0.1, -0.05) is 0 Å². The molecule has 1 aromatic rings. The topological polar surface area (TPSA) is 87.0 Å². The molecule has 3 aliphatic rings. The van der Waals surface area contributed by atoms with Crippen LogP contribution in [0, 0.1) is 0 Å². The number of imidazole rings is 1. The normalized spacial score (nSPS) is 26.4. The fraction of sp³-hybridized carbons (Fsp3) is 0.714. The van der Waals surface area contributed by atoms with Crippen LogP contribution in [0.5, 0.6) is 0 Å². The SMILES string of the molecule is NC1(C(=O)N2CCC3(CC2)NCCc2[nH]cnc23)CC1. The number of fused-ring (bicyclic) bond motifs is 2. The number of amides is 1. The minimum atomic E-state index is -0.540. The number of nitrogens with two attached hydrogens (primary N) is 1. The third-order valence-corrected chi connectivity index (χ3v) is 5.13. The number of carbonyl (C=O) groups excluding carboxylic acids is 1. The molecule has 3 heterocycles. The molecule has 4 N–H and O–H groups in total. The minimum absolute atomic E-state index is 0.0460. The fourth-order valence-corrected chi connectivity index (χ4v) is 3.60. The first-order valence-corrected chi connectivity index (χ1v) is 7.49. The van der Waals surface area contributed by atoms with Gasteiger partial charge < -0.3 is 20.9 Å². The lowest BCUT2D eigenvalue weighted by molar-refractivity contribution is -0.135. The average Bonchev–Trinajstić information content (AvgIpc) is 3.02. The molecule has 0 aromatic carbocycles. The van der Waals surface area contributed by atoms with Crippen molar-refractivity contribution < 1.29 is 4.79 Å². The number of piperidine rings is 1. The van der Waals surface area contributed by atoms with Gasteiger partial charge in [-0.25, -0.2) is 4.98 Å². The van der Waals surface area contributed by atoms with Crippen LogP contribution in [-0.4, -0.2) is 45.9 Å². The van der Waals surface area contributed by atoms with Crippen molar-refractivity contribution in [2.24, 2.45) is 5.73 Å². The van der Waals surface area contributed by atoms with Crippen LogP contribution in [0.25, 0.3) is 0 Å². The van der Waals surface area contributed by atoms with Gasteiger partial charge in [-0.15, -0.1) is 0 Å². The first-order chi connectivity index (χ1) is 9.63. The van der Waals surface area contributed by atoms with Gasteiger partial charge in [0.15, 0.2) is 0 Å². The minimum Gasteiger partial charge on any atom is -0.348 e. The molecule has 1 aromatic heterocycles. The molecule has 6 nitrogen and oxygen atoms in total. The average molecular weight is 275 g/mol. The molecule has 1 saturated carbocycles. The van der Waals surface area contributed by atoms with Gasteiger partial charge in [-0.05, 0) is 25.7 Å². The number of hydrogen-bond donors (Lipinski definition) is 3. The molecular formula is C14H21N5O. The molecule has 0 bridgehead atoms. The lowest BCUT2D eigenvalue weighted by atomic mass is 9.80. The number of rotatable bonds is 1. The first-order valence-electron chi connectivity index (χ1n) is 7.49. The van der Waals surface area contributed by atoms with E-state index in [1.54, 1.807) is 6.33 Å². The molecule has 20 heavy (non-hydrogen) atoms. The molecule has 108 valence electrons. The Morgan fingerprint density at radius 1 is 1.30 bits per heavy atom. The van der Waals surface area contributed by atoms with Crippen LogP contribution >= 0.6 is 0 Å². The second-order valence-electron chi connectivity index (χ2n) is 6.44. The zero-order valence-electron chi connectivity index (χ0n) is 11.6. The highest BCUT2D eigenvalue weighted by Crippen LogP contribution is 2.39. The quantitative estimate of drug-likeness (QED) is 0.666. The van der Waals surface area contributed by atoms with E-state index >= 15 is 0 Å². The molecule has 2 fully saturated rings. The van der Waals surface area contributed by atoms with Gasteiger partial charge in [0, 0.05) is 31.7 Å². The number of likely N-dealkylation sites (tertiary alicyclic amines) is 1. The van der Waals surface area contributed by atoms with Crippen LogP contribution in [0.15, 0.2) is 6.33 Å². The van der Waals surface area contributed by atoms with Gasteiger partial charge in [0.1, 0.15) is 0 Å². The fourth-order valence-electron chi connectivity index (χ4n) is 3.60. The molecule has 6 heteroatoms. The molecule has 1 amide bonds. The summed E-state index contributed by atoms with van der Waals surface area (Å²) in [5.41, 5.74) is 7.85. The summed E-state index contributed by atoms with van der Waals surface area (Å²) in [7, 11) is 0. The summed E-state index contributed by atoms with van der Waals surface area (Å²) in [4.78, 5) is 22.0. The molecule has 1 saturated heterocycles. The molecular weight excluding hydrogens is 254 g/mol. The molecule has 1 spiro atoms. The Balaban J connectivity index is 1.52. The van der Waals surface area contributed by atoms with Gasteiger partial charge in [0.2, 0.25) is 5.91 Å². The molecule has 0 radical (unpaired) electrons. The van der Waals surface area contributed by atoms with E-state index in [4.69, 9.17) is 5.73 Å². The van der Waals surface area contributed by atoms with Crippen LogP contribution < -0.4 is 11.1 Å². The third-order valence-electron chi connectivity index (χ3n) is 5.13. The van der Waals surface area contributed by atoms with Crippen LogP contribution in [0.1, 0.15) is 37.1 Å². The standard InChI is InChI=1S/C14H21N5O/c15-13(2-3-13)12(20)19-7-4-14(5-8-19)11-10(1-6-18-14)16-9-17-11/h9,18H,1-8,15H2,(H,16,17). The van der Waals surface area contributed by atoms with Gasteiger partial charge in [0.05, 0.1) is 23.1 Å². The second-order valence-corrected chi connectivity index (χ2v) is 6.44. The highest BCUT2D eigenvalue weighted by Gasteiger charge is 2.50. The van der Waals surface area contributed by atoms with E-state index in [9.17, 15) is 4.79 Å². The Hall–Kier alpha value is -1.40. The predicted octanol–water partition coefficient (Wildman–Crippen LogP) is -0.136. The van der Waals surface area contributed by atoms with Crippen molar-refractivity contribution in [2.75, 3.05) is 19.6 Å². The Morgan fingerprint density at radius 2 is 2.05 bits per heavy atom. The maximum absolute atomic E-state index is 12.3. The van der Waals surface area contributed by atoms with Crippen molar-refractivity contribution in [3.63, 3.8) is 0 Å². The summed E-state index contributed by atoms with van der Waals surface area (Å²) in [6.45, 7) is 2.53. The number of nitrogens with one attached hydrogen (secondary N) is 2. The van der Waals surface area contributed by atoms with Crippen molar-refractivity contribution in [1.82, 2.24) is 20.2 Å². The molecule has 0 atom stereocenters. The van der Waals surface area contributed by atoms with E-state index < -0.39 is 5.54 Å². The lowest BCUT2D eigenvalue weighted by Gasteiger charge is -2.44.